The van der Waals surface area contributed by atoms with E-state index in [2.05, 4.69) is 4.90 Å². The fraction of sp³-hybridized carbons (Fsp3) is 0.478. The summed E-state index contributed by atoms with van der Waals surface area (Å²) in [4.78, 5) is 2.20. The predicted octanol–water partition coefficient (Wildman–Crippen LogP) is 2.95. The normalized spacial score (nSPS) is 20.7. The van der Waals surface area contributed by atoms with Crippen LogP contribution in [0.2, 0.25) is 0 Å². The third kappa shape index (κ3) is 5.31. The Morgan fingerprint density at radius 3 is 2.45 bits per heavy atom. The molecule has 2 N–H and O–H groups in total. The molecule has 1 atom stereocenters. The van der Waals surface area contributed by atoms with E-state index >= 15 is 0 Å². The number of hydrogen-bond donors (Lipinski definition) is 1. The maximum absolute atomic E-state index is 12.2. The average Bonchev–Trinajstić information content (AvgIpc) is 3.27. The second kappa shape index (κ2) is 9.46. The highest BCUT2D eigenvalue weighted by Gasteiger charge is 2.34. The van der Waals surface area contributed by atoms with Crippen molar-refractivity contribution >= 4 is 15.9 Å². The van der Waals surface area contributed by atoms with Gasteiger partial charge in [-0.25, -0.2) is 5.14 Å². The number of nitrogens with zero attached hydrogens (tertiary/aromatic N) is 2. The summed E-state index contributed by atoms with van der Waals surface area (Å²) >= 11 is 0. The minimum Gasteiger partial charge on any atom is -0.493 e. The van der Waals surface area contributed by atoms with Gasteiger partial charge in [0.25, 0.3) is 10.2 Å². The molecule has 168 valence electrons. The van der Waals surface area contributed by atoms with Crippen LogP contribution in [0.15, 0.2) is 48.5 Å². The molecule has 1 unspecified atom stereocenters. The van der Waals surface area contributed by atoms with Crippen molar-refractivity contribution in [1.82, 2.24) is 4.31 Å². The Morgan fingerprint density at radius 1 is 1.03 bits per heavy atom. The lowest BCUT2D eigenvalue weighted by atomic mass is 10.0. The Labute approximate surface area is 184 Å². The van der Waals surface area contributed by atoms with Gasteiger partial charge in [-0.05, 0) is 49.8 Å². The highest BCUT2D eigenvalue weighted by molar-refractivity contribution is 7.86. The molecule has 2 aromatic carbocycles. The first kappa shape index (κ1) is 21.9. The predicted molar refractivity (Wildman–Crippen MR) is 122 cm³/mol. The fourth-order valence-corrected chi connectivity index (χ4v) is 5.49. The standard InChI is InChI=1S/C23H31N3O4S/c1-29-22-12-11-19(16-23(22)30-21-9-5-6-10-21)25-13-14-26(31(24,27)28)20(17-25)15-18-7-3-2-4-8-18/h2-4,7-8,11-12,16,20-21H,5-6,9-10,13-15,17H2,1H3,(H2,24,27,28). The summed E-state index contributed by atoms with van der Waals surface area (Å²) in [6.45, 7) is 1.47. The zero-order valence-corrected chi connectivity index (χ0v) is 18.8. The molecule has 2 aliphatic rings. The van der Waals surface area contributed by atoms with Crippen LogP contribution >= 0.6 is 0 Å². The van der Waals surface area contributed by atoms with Crippen LogP contribution in [0, 0.1) is 0 Å². The first-order chi connectivity index (χ1) is 14.9. The maximum atomic E-state index is 12.2. The van der Waals surface area contributed by atoms with Gasteiger partial charge < -0.3 is 14.4 Å². The summed E-state index contributed by atoms with van der Waals surface area (Å²) < 4.78 is 37.6. The Bertz CT molecular complexity index is 978. The van der Waals surface area contributed by atoms with E-state index in [0.717, 1.165) is 35.6 Å². The van der Waals surface area contributed by atoms with Gasteiger partial charge in [0.15, 0.2) is 11.5 Å². The average molecular weight is 446 g/mol. The molecule has 1 saturated carbocycles. The van der Waals surface area contributed by atoms with Gasteiger partial charge in [0, 0.05) is 37.4 Å². The molecule has 0 aromatic heterocycles. The van der Waals surface area contributed by atoms with Gasteiger partial charge in [0.1, 0.15) is 0 Å². The quantitative estimate of drug-likeness (QED) is 0.708. The summed E-state index contributed by atoms with van der Waals surface area (Å²) in [6, 6.07) is 15.6. The smallest absolute Gasteiger partial charge is 0.277 e. The number of piperazine rings is 1. The zero-order valence-electron chi connectivity index (χ0n) is 17.9. The van der Waals surface area contributed by atoms with Crippen LogP contribution in [-0.4, -0.2) is 51.6 Å². The van der Waals surface area contributed by atoms with Gasteiger partial charge in [-0.3, -0.25) is 0 Å². The summed E-state index contributed by atoms with van der Waals surface area (Å²) in [7, 11) is -2.12. The van der Waals surface area contributed by atoms with E-state index in [9.17, 15) is 8.42 Å². The highest BCUT2D eigenvalue weighted by Crippen LogP contribution is 2.36. The van der Waals surface area contributed by atoms with E-state index in [1.807, 2.05) is 48.5 Å². The largest absolute Gasteiger partial charge is 0.493 e. The van der Waals surface area contributed by atoms with Crippen LogP contribution in [0.3, 0.4) is 0 Å². The molecule has 1 saturated heterocycles. The van der Waals surface area contributed by atoms with Crippen molar-refractivity contribution in [2.75, 3.05) is 31.6 Å². The Kier molecular flexibility index (Phi) is 6.69. The van der Waals surface area contributed by atoms with E-state index in [1.54, 1.807) is 7.11 Å². The van der Waals surface area contributed by atoms with Crippen LogP contribution in [0.5, 0.6) is 11.5 Å². The molecule has 1 aliphatic carbocycles. The van der Waals surface area contributed by atoms with Crippen LogP contribution in [0.4, 0.5) is 5.69 Å². The van der Waals surface area contributed by atoms with E-state index in [-0.39, 0.29) is 12.1 Å². The van der Waals surface area contributed by atoms with Crippen molar-refractivity contribution < 1.29 is 17.9 Å². The summed E-state index contributed by atoms with van der Waals surface area (Å²) in [5.41, 5.74) is 2.09. The number of nitrogens with two attached hydrogens (primary N) is 1. The van der Waals surface area contributed by atoms with Crippen LogP contribution in [-0.2, 0) is 16.6 Å². The number of anilines is 1. The number of benzene rings is 2. The number of methoxy groups -OCH3 is 1. The second-order valence-corrected chi connectivity index (χ2v) is 9.80. The van der Waals surface area contributed by atoms with Gasteiger partial charge in [-0.2, -0.15) is 12.7 Å². The highest BCUT2D eigenvalue weighted by atomic mass is 32.2. The number of rotatable bonds is 7. The molecule has 7 nitrogen and oxygen atoms in total. The van der Waals surface area contributed by atoms with Crippen molar-refractivity contribution in [3.05, 3.63) is 54.1 Å². The lowest BCUT2D eigenvalue weighted by molar-refractivity contribution is 0.200. The molecular formula is C23H31N3O4S. The first-order valence-electron chi connectivity index (χ1n) is 10.9. The van der Waals surface area contributed by atoms with Gasteiger partial charge in [0.2, 0.25) is 0 Å². The van der Waals surface area contributed by atoms with Crippen LogP contribution in [0.1, 0.15) is 31.2 Å². The minimum atomic E-state index is -3.77. The molecular weight excluding hydrogens is 414 g/mol. The zero-order chi connectivity index (χ0) is 21.8. The lowest BCUT2D eigenvalue weighted by Crippen LogP contribution is -2.57. The Hall–Kier alpha value is -2.29. The van der Waals surface area contributed by atoms with Crippen molar-refractivity contribution in [2.45, 2.75) is 44.2 Å². The molecule has 2 aromatic rings. The molecule has 1 heterocycles. The van der Waals surface area contributed by atoms with E-state index in [0.29, 0.717) is 26.1 Å². The van der Waals surface area contributed by atoms with Gasteiger partial charge in [-0.1, -0.05) is 30.3 Å². The van der Waals surface area contributed by atoms with E-state index < -0.39 is 10.2 Å². The lowest BCUT2D eigenvalue weighted by Gasteiger charge is -2.41. The topological polar surface area (TPSA) is 85.1 Å². The molecule has 0 spiro atoms. The third-order valence-corrected chi connectivity index (χ3v) is 7.31. The van der Waals surface area contributed by atoms with Crippen LogP contribution < -0.4 is 19.5 Å². The molecule has 4 rings (SSSR count). The van der Waals surface area contributed by atoms with Crippen molar-refractivity contribution in [3.63, 3.8) is 0 Å². The number of ether oxygens (including phenoxy) is 2. The van der Waals surface area contributed by atoms with Gasteiger partial charge in [0.05, 0.1) is 13.2 Å². The monoisotopic (exact) mass is 445 g/mol. The summed E-state index contributed by atoms with van der Waals surface area (Å²) in [5, 5.41) is 5.53. The Morgan fingerprint density at radius 2 is 1.77 bits per heavy atom. The van der Waals surface area contributed by atoms with Gasteiger partial charge >= 0.3 is 0 Å². The van der Waals surface area contributed by atoms with Crippen molar-refractivity contribution in [1.29, 1.82) is 0 Å². The van der Waals surface area contributed by atoms with Crippen LogP contribution in [0.25, 0.3) is 0 Å². The fourth-order valence-electron chi connectivity index (χ4n) is 4.60. The molecule has 0 bridgehead atoms. The maximum Gasteiger partial charge on any atom is 0.277 e. The molecule has 1 aliphatic heterocycles. The molecule has 0 radical (unpaired) electrons. The van der Waals surface area contributed by atoms with Gasteiger partial charge in [-0.15, -0.1) is 0 Å². The summed E-state index contributed by atoms with van der Waals surface area (Å²) in [6.07, 6.45) is 5.37. The summed E-state index contributed by atoms with van der Waals surface area (Å²) in [5.74, 6) is 1.47. The van der Waals surface area contributed by atoms with Crippen molar-refractivity contribution in [2.24, 2.45) is 5.14 Å². The third-order valence-electron chi connectivity index (χ3n) is 6.18. The SMILES string of the molecule is COc1ccc(N2CCN(S(N)(=O)=O)C(Cc3ccccc3)C2)cc1OC1CCCC1. The molecule has 8 heteroatoms. The second-order valence-electron chi connectivity index (χ2n) is 8.30. The molecule has 2 fully saturated rings. The van der Waals surface area contributed by atoms with Crippen molar-refractivity contribution in [3.8, 4) is 11.5 Å². The molecule has 31 heavy (non-hydrogen) atoms. The number of hydrogen-bond acceptors (Lipinski definition) is 5. The van der Waals surface area contributed by atoms with E-state index in [4.69, 9.17) is 14.6 Å². The Balaban J connectivity index is 1.56. The first-order valence-corrected chi connectivity index (χ1v) is 12.4. The van der Waals surface area contributed by atoms with E-state index in [1.165, 1.54) is 17.1 Å². The minimum absolute atomic E-state index is 0.231. The molecule has 0 amide bonds.